The molecule has 4 aromatic rings. The van der Waals surface area contributed by atoms with E-state index in [9.17, 15) is 10.1 Å². The summed E-state index contributed by atoms with van der Waals surface area (Å²) in [6.45, 7) is 9.85. The molecule has 0 aliphatic heterocycles. The van der Waals surface area contributed by atoms with Crippen LogP contribution in [0.2, 0.25) is 0 Å². The zero-order valence-corrected chi connectivity index (χ0v) is 19.2. The van der Waals surface area contributed by atoms with Gasteiger partial charge in [0.1, 0.15) is 11.4 Å². The lowest BCUT2D eigenvalue weighted by atomic mass is 10.0. The van der Waals surface area contributed by atoms with Gasteiger partial charge in [0.25, 0.3) is 0 Å². The fourth-order valence-corrected chi connectivity index (χ4v) is 4.01. The molecule has 4 rings (SSSR count). The zero-order chi connectivity index (χ0) is 23.2. The Balaban J connectivity index is 1.83. The van der Waals surface area contributed by atoms with Gasteiger partial charge in [-0.05, 0) is 70.0 Å². The molecule has 0 unspecified atom stereocenters. The predicted molar refractivity (Wildman–Crippen MR) is 123 cm³/mol. The van der Waals surface area contributed by atoms with Crippen molar-refractivity contribution in [3.8, 4) is 11.8 Å². The van der Waals surface area contributed by atoms with E-state index in [4.69, 9.17) is 14.6 Å². The molecule has 0 bridgehead atoms. The summed E-state index contributed by atoms with van der Waals surface area (Å²) >= 11 is 0. The molecule has 0 radical (unpaired) electrons. The van der Waals surface area contributed by atoms with Crippen molar-refractivity contribution in [3.05, 3.63) is 58.9 Å². The van der Waals surface area contributed by atoms with Gasteiger partial charge >= 0.3 is 6.09 Å². The summed E-state index contributed by atoms with van der Waals surface area (Å²) in [6.07, 6.45) is 3.27. The summed E-state index contributed by atoms with van der Waals surface area (Å²) in [5, 5.41) is 15.9. The summed E-state index contributed by atoms with van der Waals surface area (Å²) in [4.78, 5) is 12.8. The van der Waals surface area contributed by atoms with Crippen LogP contribution in [-0.4, -0.2) is 33.2 Å². The average Bonchev–Trinajstić information content (AvgIpc) is 3.34. The monoisotopic (exact) mass is 430 g/mol. The number of aryl methyl sites for hydroxylation is 2. The fraction of sp³-hybridized carbons (Fsp3) is 0.320. The van der Waals surface area contributed by atoms with Crippen LogP contribution in [0, 0.1) is 25.2 Å². The lowest BCUT2D eigenvalue weighted by Gasteiger charge is -2.20. The normalized spacial score (nSPS) is 11.7. The van der Waals surface area contributed by atoms with Gasteiger partial charge in [0.2, 0.25) is 0 Å². The van der Waals surface area contributed by atoms with Gasteiger partial charge in [-0.2, -0.15) is 10.4 Å². The van der Waals surface area contributed by atoms with Crippen molar-refractivity contribution in [2.75, 3.05) is 7.11 Å². The Kier molecular flexibility index (Phi) is 5.17. The third kappa shape index (κ3) is 3.69. The van der Waals surface area contributed by atoms with Gasteiger partial charge in [0, 0.05) is 28.7 Å². The number of carbonyl (C=O) groups is 1. The number of methoxy groups -OCH3 is 1. The van der Waals surface area contributed by atoms with E-state index in [0.29, 0.717) is 12.1 Å². The van der Waals surface area contributed by atoms with Crippen LogP contribution >= 0.6 is 0 Å². The van der Waals surface area contributed by atoms with E-state index in [-0.39, 0.29) is 0 Å². The van der Waals surface area contributed by atoms with Crippen molar-refractivity contribution in [1.29, 1.82) is 5.26 Å². The Labute approximate surface area is 186 Å². The molecule has 0 saturated carbocycles. The Morgan fingerprint density at radius 1 is 1.22 bits per heavy atom. The number of hydrogen-bond acceptors (Lipinski definition) is 5. The minimum absolute atomic E-state index is 0.420. The highest BCUT2D eigenvalue weighted by Crippen LogP contribution is 2.33. The van der Waals surface area contributed by atoms with Crippen LogP contribution in [-0.2, 0) is 11.3 Å². The second-order valence-electron chi connectivity index (χ2n) is 8.92. The van der Waals surface area contributed by atoms with Gasteiger partial charge in [-0.15, -0.1) is 0 Å². The Hall–Kier alpha value is -3.79. The number of nitrogens with zero attached hydrogens (tertiary/aromatic N) is 4. The average molecular weight is 431 g/mol. The number of ether oxygens (including phenoxy) is 2. The van der Waals surface area contributed by atoms with Crippen LogP contribution < -0.4 is 4.74 Å². The molecule has 7 nitrogen and oxygen atoms in total. The van der Waals surface area contributed by atoms with Crippen molar-refractivity contribution < 1.29 is 14.3 Å². The predicted octanol–water partition coefficient (Wildman–Crippen LogP) is 5.32. The van der Waals surface area contributed by atoms with E-state index in [1.54, 1.807) is 17.9 Å². The van der Waals surface area contributed by atoms with E-state index >= 15 is 0 Å². The van der Waals surface area contributed by atoms with Crippen LogP contribution in [0.25, 0.3) is 21.8 Å². The largest absolute Gasteiger partial charge is 0.496 e. The van der Waals surface area contributed by atoms with Crippen LogP contribution in [0.3, 0.4) is 0 Å². The number of carbonyl (C=O) groups excluding carboxylic acids is 1. The van der Waals surface area contributed by atoms with Gasteiger partial charge in [0.05, 0.1) is 36.3 Å². The van der Waals surface area contributed by atoms with Crippen LogP contribution in [0.1, 0.15) is 43.0 Å². The Bertz CT molecular complexity index is 1400. The minimum atomic E-state index is -0.591. The van der Waals surface area contributed by atoms with Gasteiger partial charge in [-0.25, -0.2) is 4.79 Å². The number of nitriles is 1. The summed E-state index contributed by atoms with van der Waals surface area (Å²) < 4.78 is 14.7. The smallest absolute Gasteiger partial charge is 0.419 e. The molecule has 2 aromatic carbocycles. The van der Waals surface area contributed by atoms with Gasteiger partial charge in [-0.3, -0.25) is 9.25 Å². The molecular weight excluding hydrogens is 404 g/mol. The standard InChI is InChI=1S/C25H26N4O3/c1-15-11-21(31-6)20(19-9-10-29(23(15)19)24(30)32-25(3,4)5)14-28-13-18-8-7-17(12-26)16(2)22(18)27-28/h7-11,13H,14H2,1-6H3. The summed E-state index contributed by atoms with van der Waals surface area (Å²) in [7, 11) is 1.64. The van der Waals surface area contributed by atoms with Crippen molar-refractivity contribution >= 4 is 27.9 Å². The molecule has 7 heteroatoms. The van der Waals surface area contributed by atoms with Crippen LogP contribution in [0.4, 0.5) is 4.79 Å². The number of rotatable bonds is 3. The number of fused-ring (bicyclic) bond motifs is 2. The first-order valence-electron chi connectivity index (χ1n) is 10.4. The molecule has 0 fully saturated rings. The van der Waals surface area contributed by atoms with E-state index in [0.717, 1.165) is 44.2 Å². The highest BCUT2D eigenvalue weighted by molar-refractivity contribution is 5.95. The molecule has 2 heterocycles. The molecule has 164 valence electrons. The van der Waals surface area contributed by atoms with Crippen molar-refractivity contribution in [2.45, 2.75) is 46.8 Å². The topological polar surface area (TPSA) is 82.1 Å². The van der Waals surface area contributed by atoms with E-state index in [1.165, 1.54) is 0 Å². The first-order chi connectivity index (χ1) is 15.1. The molecule has 0 amide bonds. The molecule has 0 atom stereocenters. The minimum Gasteiger partial charge on any atom is -0.496 e. The first kappa shape index (κ1) is 21.4. The lowest BCUT2D eigenvalue weighted by molar-refractivity contribution is 0.0544. The molecule has 0 spiro atoms. The quantitative estimate of drug-likeness (QED) is 0.439. The molecule has 0 aliphatic carbocycles. The zero-order valence-electron chi connectivity index (χ0n) is 19.2. The van der Waals surface area contributed by atoms with Gasteiger partial charge in [0.15, 0.2) is 0 Å². The SMILES string of the molecule is COc1cc(C)c2c(ccn2C(=O)OC(C)(C)C)c1Cn1cc2ccc(C#N)c(C)c2n1. The molecule has 0 saturated heterocycles. The summed E-state index contributed by atoms with van der Waals surface area (Å²) in [5.74, 6) is 0.728. The van der Waals surface area contributed by atoms with E-state index in [1.807, 2.05) is 69.8 Å². The molecule has 0 N–H and O–H groups in total. The van der Waals surface area contributed by atoms with Crippen molar-refractivity contribution in [3.63, 3.8) is 0 Å². The van der Waals surface area contributed by atoms with E-state index < -0.39 is 11.7 Å². The first-order valence-corrected chi connectivity index (χ1v) is 10.4. The van der Waals surface area contributed by atoms with E-state index in [2.05, 4.69) is 6.07 Å². The summed E-state index contributed by atoms with van der Waals surface area (Å²) in [6, 6.07) is 9.77. The fourth-order valence-electron chi connectivity index (χ4n) is 4.01. The number of hydrogen-bond donors (Lipinski definition) is 0. The molecule has 0 aliphatic rings. The second-order valence-corrected chi connectivity index (χ2v) is 8.92. The number of benzene rings is 2. The highest BCUT2D eigenvalue weighted by atomic mass is 16.6. The van der Waals surface area contributed by atoms with Gasteiger partial charge in [-0.1, -0.05) is 0 Å². The maximum Gasteiger partial charge on any atom is 0.419 e. The van der Waals surface area contributed by atoms with Crippen molar-refractivity contribution in [1.82, 2.24) is 14.3 Å². The molecule has 32 heavy (non-hydrogen) atoms. The Morgan fingerprint density at radius 2 is 1.97 bits per heavy atom. The lowest BCUT2D eigenvalue weighted by Crippen LogP contribution is -2.26. The molecular formula is C25H26N4O3. The van der Waals surface area contributed by atoms with Gasteiger partial charge < -0.3 is 9.47 Å². The third-order valence-corrected chi connectivity index (χ3v) is 5.46. The third-order valence-electron chi connectivity index (χ3n) is 5.46. The highest BCUT2D eigenvalue weighted by Gasteiger charge is 2.22. The maximum atomic E-state index is 12.8. The maximum absolute atomic E-state index is 12.8. The summed E-state index contributed by atoms with van der Waals surface area (Å²) in [5.41, 5.74) is 4.31. The molecule has 2 aromatic heterocycles. The Morgan fingerprint density at radius 3 is 2.62 bits per heavy atom. The van der Waals surface area contributed by atoms with Crippen LogP contribution in [0.5, 0.6) is 5.75 Å². The second kappa shape index (κ2) is 7.72. The van der Waals surface area contributed by atoms with Crippen molar-refractivity contribution in [2.24, 2.45) is 0 Å². The number of aromatic nitrogens is 3. The van der Waals surface area contributed by atoms with Crippen LogP contribution in [0.15, 0.2) is 36.7 Å².